The number of nitrogens with zero attached hydrogens (tertiary/aromatic N) is 2. The van der Waals surface area contributed by atoms with Crippen LogP contribution in [0.4, 0.5) is 14.0 Å². The highest BCUT2D eigenvalue weighted by Gasteiger charge is 2.61. The lowest BCUT2D eigenvalue weighted by molar-refractivity contribution is -0.141. The van der Waals surface area contributed by atoms with Crippen LogP contribution in [-0.2, 0) is 52.7 Å². The normalized spacial score (nSPS) is 25.2. The molecule has 18 heteroatoms. The van der Waals surface area contributed by atoms with Gasteiger partial charge >= 0.3 is 12.2 Å². The maximum absolute atomic E-state index is 14.5. The second-order valence-electron chi connectivity index (χ2n) is 15.9. The molecular formula is C39H46Cl2FN5O9S. The first-order valence-corrected chi connectivity index (χ1v) is 21.2. The van der Waals surface area contributed by atoms with E-state index in [1.807, 2.05) is 6.08 Å². The molecule has 0 aromatic heterocycles. The van der Waals surface area contributed by atoms with Crippen molar-refractivity contribution in [2.45, 2.75) is 114 Å². The Morgan fingerprint density at radius 1 is 1.07 bits per heavy atom. The van der Waals surface area contributed by atoms with E-state index in [0.29, 0.717) is 41.8 Å². The van der Waals surface area contributed by atoms with Gasteiger partial charge in [-0.1, -0.05) is 66.4 Å². The average molecular weight is 851 g/mol. The molecule has 1 saturated carbocycles. The zero-order valence-corrected chi connectivity index (χ0v) is 34.1. The molecule has 1 aliphatic carbocycles. The van der Waals surface area contributed by atoms with Crippen molar-refractivity contribution in [2.75, 3.05) is 6.54 Å². The fraction of sp³-hybridized carbons (Fsp3) is 0.513. The number of benzene rings is 2. The molecule has 6 rings (SSSR count). The van der Waals surface area contributed by atoms with Crippen LogP contribution in [0.1, 0.15) is 82.4 Å². The Hall–Kier alpha value is -4.41. The molecule has 3 aliphatic heterocycles. The van der Waals surface area contributed by atoms with Gasteiger partial charge < -0.3 is 25.0 Å². The summed E-state index contributed by atoms with van der Waals surface area (Å²) in [6.07, 6.45) is 3.71. The Labute approximate surface area is 340 Å². The fourth-order valence-electron chi connectivity index (χ4n) is 7.45. The van der Waals surface area contributed by atoms with Crippen molar-refractivity contribution in [3.8, 4) is 0 Å². The predicted octanol–water partition coefficient (Wildman–Crippen LogP) is 5.49. The minimum absolute atomic E-state index is 0.0261. The third kappa shape index (κ3) is 10.2. The number of sulfonamides is 1. The molecule has 5 atom stereocenters. The second kappa shape index (κ2) is 16.8. The van der Waals surface area contributed by atoms with E-state index in [9.17, 15) is 36.8 Å². The van der Waals surface area contributed by atoms with Crippen molar-refractivity contribution < 1.29 is 46.3 Å². The second-order valence-corrected chi connectivity index (χ2v) is 18.5. The molecule has 0 unspecified atom stereocenters. The number of rotatable bonds is 6. The first kappa shape index (κ1) is 42.2. The lowest BCUT2D eigenvalue weighted by Crippen LogP contribution is -2.58. The number of hydrogen-bond donors (Lipinski definition) is 3. The first-order chi connectivity index (χ1) is 26.8. The highest BCUT2D eigenvalue weighted by atomic mass is 35.5. The molecule has 2 aromatic carbocycles. The summed E-state index contributed by atoms with van der Waals surface area (Å²) in [5.41, 5.74) is -1.35. The van der Waals surface area contributed by atoms with E-state index in [0.717, 1.165) is 0 Å². The third-order valence-corrected chi connectivity index (χ3v) is 12.2. The van der Waals surface area contributed by atoms with Gasteiger partial charge in [-0.3, -0.25) is 24.0 Å². The van der Waals surface area contributed by atoms with Crippen molar-refractivity contribution in [3.05, 3.63) is 81.1 Å². The molecule has 5 amide bonds. The van der Waals surface area contributed by atoms with E-state index in [-0.39, 0.29) is 49.5 Å². The van der Waals surface area contributed by atoms with Gasteiger partial charge in [0.25, 0.3) is 5.91 Å². The number of alkyl carbamates (subject to hydrolysis) is 1. The SMILES string of the molecule is CC(C)(C)OC(=O)N[C@H]1CCCCCC=C[C@@H]2C[C@@]2(C(=O)NS(=O)(=O)Cc2ccc(Cl)cc2Cl)NC(=O)[C@@H]2C[C@@H](OC(=O)N3Cc4cccc(F)c4C3)CN2C1=O. The highest BCUT2D eigenvalue weighted by Crippen LogP contribution is 2.46. The van der Waals surface area contributed by atoms with E-state index in [1.54, 1.807) is 39.0 Å². The van der Waals surface area contributed by atoms with Crippen LogP contribution in [0.5, 0.6) is 0 Å². The Morgan fingerprint density at radius 3 is 2.56 bits per heavy atom. The van der Waals surface area contributed by atoms with E-state index in [2.05, 4.69) is 15.4 Å². The highest BCUT2D eigenvalue weighted by molar-refractivity contribution is 7.89. The summed E-state index contributed by atoms with van der Waals surface area (Å²) in [6.45, 7) is 4.89. The van der Waals surface area contributed by atoms with Gasteiger partial charge in [-0.25, -0.2) is 22.4 Å². The summed E-state index contributed by atoms with van der Waals surface area (Å²) in [5.74, 6) is -4.04. The molecule has 0 radical (unpaired) electrons. The van der Waals surface area contributed by atoms with Gasteiger partial charge in [0, 0.05) is 34.5 Å². The van der Waals surface area contributed by atoms with Gasteiger partial charge in [0.2, 0.25) is 21.8 Å². The van der Waals surface area contributed by atoms with Crippen LogP contribution in [0.2, 0.25) is 10.0 Å². The Kier molecular flexibility index (Phi) is 12.5. The Bertz CT molecular complexity index is 2080. The van der Waals surface area contributed by atoms with E-state index < -0.39 is 86.7 Å². The molecule has 308 valence electrons. The zero-order chi connectivity index (χ0) is 41.3. The minimum Gasteiger partial charge on any atom is -0.444 e. The van der Waals surface area contributed by atoms with Crippen molar-refractivity contribution in [3.63, 3.8) is 0 Å². The van der Waals surface area contributed by atoms with E-state index >= 15 is 0 Å². The molecule has 2 fully saturated rings. The molecule has 3 heterocycles. The third-order valence-electron chi connectivity index (χ3n) is 10.4. The smallest absolute Gasteiger partial charge is 0.410 e. The fourth-order valence-corrected chi connectivity index (χ4v) is 9.21. The lowest BCUT2D eigenvalue weighted by atomic mass is 10.0. The molecule has 3 N–H and O–H groups in total. The summed E-state index contributed by atoms with van der Waals surface area (Å²) in [7, 11) is -4.33. The molecule has 0 spiro atoms. The summed E-state index contributed by atoms with van der Waals surface area (Å²) in [4.78, 5) is 71.6. The number of hydrogen-bond acceptors (Lipinski definition) is 9. The standard InChI is InChI=1S/C39H46Cl2FN5O9S/c1-38(2,3)56-36(51)43-31-13-8-6-4-5-7-11-25-18-39(25,35(50)45-57(53,54)22-24-14-15-26(40)16-29(24)41)44-33(48)32-17-27(20-47(32)34(31)49)55-37(52)46-19-23-10-9-12-30(42)28(23)21-46/h7,9-12,14-16,25,27,31-32H,4-6,8,13,17-22H2,1-3H3,(H,43,51)(H,44,48)(H,45,50)/t25-,27-,31+,32+,39-/m1/s1. The van der Waals surface area contributed by atoms with Crippen LogP contribution in [-0.4, -0.2) is 84.0 Å². The number of allylic oxidation sites excluding steroid dienone is 1. The molecule has 0 bridgehead atoms. The van der Waals surface area contributed by atoms with Crippen LogP contribution >= 0.6 is 23.2 Å². The molecule has 57 heavy (non-hydrogen) atoms. The average Bonchev–Trinajstić information content (AvgIpc) is 3.40. The molecule has 14 nitrogen and oxygen atoms in total. The summed E-state index contributed by atoms with van der Waals surface area (Å²) >= 11 is 12.2. The summed E-state index contributed by atoms with van der Waals surface area (Å²) < 4.78 is 54.4. The monoisotopic (exact) mass is 849 g/mol. The summed E-state index contributed by atoms with van der Waals surface area (Å²) in [6, 6.07) is 6.44. The number of nitrogens with one attached hydrogen (secondary N) is 3. The summed E-state index contributed by atoms with van der Waals surface area (Å²) in [5, 5.41) is 5.81. The van der Waals surface area contributed by atoms with Gasteiger partial charge in [0.1, 0.15) is 35.1 Å². The Morgan fingerprint density at radius 2 is 1.84 bits per heavy atom. The number of ether oxygens (including phenoxy) is 2. The van der Waals surface area contributed by atoms with Crippen LogP contribution in [0.15, 0.2) is 48.6 Å². The number of carbonyl (C=O) groups excluding carboxylic acids is 5. The molecule has 4 aliphatic rings. The van der Waals surface area contributed by atoms with Gasteiger partial charge in [-0.2, -0.15) is 0 Å². The van der Waals surface area contributed by atoms with Crippen molar-refractivity contribution in [2.24, 2.45) is 5.92 Å². The number of halogens is 3. The van der Waals surface area contributed by atoms with Crippen molar-refractivity contribution in [1.29, 1.82) is 0 Å². The van der Waals surface area contributed by atoms with Crippen LogP contribution < -0.4 is 15.4 Å². The number of carbonyl (C=O) groups is 5. The lowest BCUT2D eigenvalue weighted by Gasteiger charge is -2.30. The first-order valence-electron chi connectivity index (χ1n) is 18.8. The minimum atomic E-state index is -4.33. The number of fused-ring (bicyclic) bond motifs is 3. The van der Waals surface area contributed by atoms with Crippen LogP contribution in [0.3, 0.4) is 0 Å². The maximum Gasteiger partial charge on any atom is 0.410 e. The predicted molar refractivity (Wildman–Crippen MR) is 208 cm³/mol. The van der Waals surface area contributed by atoms with Crippen LogP contribution in [0, 0.1) is 11.7 Å². The van der Waals surface area contributed by atoms with Crippen LogP contribution in [0.25, 0.3) is 0 Å². The quantitative estimate of drug-likeness (QED) is 0.317. The van der Waals surface area contributed by atoms with Gasteiger partial charge in [0.05, 0.1) is 18.8 Å². The maximum atomic E-state index is 14.5. The topological polar surface area (TPSA) is 181 Å². The van der Waals surface area contributed by atoms with E-state index in [4.69, 9.17) is 32.7 Å². The molecular weight excluding hydrogens is 804 g/mol. The zero-order valence-electron chi connectivity index (χ0n) is 31.8. The molecule has 1 saturated heterocycles. The van der Waals surface area contributed by atoms with E-state index in [1.165, 1.54) is 34.1 Å². The van der Waals surface area contributed by atoms with Gasteiger partial charge in [0.15, 0.2) is 0 Å². The van der Waals surface area contributed by atoms with Gasteiger partial charge in [-0.05, 0) is 75.8 Å². The largest absolute Gasteiger partial charge is 0.444 e. The Balaban J connectivity index is 1.25. The van der Waals surface area contributed by atoms with Crippen molar-refractivity contribution in [1.82, 2.24) is 25.2 Å². The number of amides is 5. The van der Waals surface area contributed by atoms with Gasteiger partial charge in [-0.15, -0.1) is 0 Å². The molecule has 2 aromatic rings. The van der Waals surface area contributed by atoms with Crippen molar-refractivity contribution >= 4 is 63.1 Å².